The summed E-state index contributed by atoms with van der Waals surface area (Å²) in [6, 6.07) is 10.2. The lowest BCUT2D eigenvalue weighted by molar-refractivity contribution is -0.0787. The number of hydrogen-bond donors (Lipinski definition) is 1. The average Bonchev–Trinajstić information content (AvgIpc) is 2.43. The minimum atomic E-state index is -0.576. The molecule has 0 aliphatic heterocycles. The molecule has 2 nitrogen and oxygen atoms in total. The van der Waals surface area contributed by atoms with Crippen molar-refractivity contribution in [3.05, 3.63) is 48.6 Å². The highest BCUT2D eigenvalue weighted by atomic mass is 16.5. The number of hydrogen-bond acceptors (Lipinski definition) is 2. The molecule has 1 aliphatic carbocycles. The Hall–Kier alpha value is -1.12. The van der Waals surface area contributed by atoms with Gasteiger partial charge in [0.15, 0.2) is 0 Å². The standard InChI is InChI=1S/C18H26O2/c1-3-8-17-16(11-7-12-18(17,2)19)14-20-13-15-9-5-4-6-10-15/h3-6,9-10,16-17,19H,1,7-8,11-14H2,2H3. The van der Waals surface area contributed by atoms with E-state index in [1.54, 1.807) is 0 Å². The molecule has 1 N–H and O–H groups in total. The zero-order valence-corrected chi connectivity index (χ0v) is 12.4. The Morgan fingerprint density at radius 2 is 2.15 bits per heavy atom. The largest absolute Gasteiger partial charge is 0.390 e. The Kier molecular flexibility index (Phi) is 5.38. The molecule has 110 valence electrons. The molecule has 0 saturated heterocycles. The van der Waals surface area contributed by atoms with Crippen molar-refractivity contribution in [1.29, 1.82) is 0 Å². The van der Waals surface area contributed by atoms with Crippen LogP contribution in [0.15, 0.2) is 43.0 Å². The van der Waals surface area contributed by atoms with Gasteiger partial charge in [-0.25, -0.2) is 0 Å². The van der Waals surface area contributed by atoms with Gasteiger partial charge in [-0.2, -0.15) is 0 Å². The van der Waals surface area contributed by atoms with E-state index in [1.807, 2.05) is 31.2 Å². The van der Waals surface area contributed by atoms with Crippen molar-refractivity contribution < 1.29 is 9.84 Å². The van der Waals surface area contributed by atoms with Crippen LogP contribution in [0, 0.1) is 11.8 Å². The molecule has 3 atom stereocenters. The molecule has 1 aromatic rings. The number of ether oxygens (including phenoxy) is 1. The summed E-state index contributed by atoms with van der Waals surface area (Å²) >= 11 is 0. The first-order valence-corrected chi connectivity index (χ1v) is 7.58. The van der Waals surface area contributed by atoms with E-state index >= 15 is 0 Å². The van der Waals surface area contributed by atoms with E-state index in [9.17, 15) is 5.11 Å². The average molecular weight is 274 g/mol. The van der Waals surface area contributed by atoms with E-state index in [0.717, 1.165) is 32.3 Å². The van der Waals surface area contributed by atoms with Gasteiger partial charge in [0.05, 0.1) is 18.8 Å². The molecule has 2 heteroatoms. The highest BCUT2D eigenvalue weighted by Gasteiger charge is 2.39. The van der Waals surface area contributed by atoms with Gasteiger partial charge in [-0.1, -0.05) is 42.8 Å². The molecule has 0 aromatic heterocycles. The van der Waals surface area contributed by atoms with E-state index < -0.39 is 5.60 Å². The molecule has 0 heterocycles. The smallest absolute Gasteiger partial charge is 0.0717 e. The van der Waals surface area contributed by atoms with Crippen LogP contribution in [0.25, 0.3) is 0 Å². The Balaban J connectivity index is 1.88. The van der Waals surface area contributed by atoms with Crippen LogP contribution in [-0.4, -0.2) is 17.3 Å². The maximum absolute atomic E-state index is 10.5. The van der Waals surface area contributed by atoms with E-state index in [1.165, 1.54) is 5.56 Å². The zero-order chi connectivity index (χ0) is 14.4. The highest BCUT2D eigenvalue weighted by molar-refractivity contribution is 5.13. The molecule has 1 saturated carbocycles. The number of benzene rings is 1. The van der Waals surface area contributed by atoms with Crippen molar-refractivity contribution >= 4 is 0 Å². The Bertz CT molecular complexity index is 411. The van der Waals surface area contributed by atoms with Crippen LogP contribution >= 0.6 is 0 Å². The van der Waals surface area contributed by atoms with E-state index in [4.69, 9.17) is 4.74 Å². The van der Waals surface area contributed by atoms with Crippen LogP contribution in [0.4, 0.5) is 0 Å². The highest BCUT2D eigenvalue weighted by Crippen LogP contribution is 2.40. The van der Waals surface area contributed by atoms with Crippen LogP contribution in [0.3, 0.4) is 0 Å². The Labute approximate surface area is 122 Å². The van der Waals surface area contributed by atoms with Crippen LogP contribution in [-0.2, 0) is 11.3 Å². The summed E-state index contributed by atoms with van der Waals surface area (Å²) in [5.41, 5.74) is 0.628. The first-order valence-electron chi connectivity index (χ1n) is 7.58. The summed E-state index contributed by atoms with van der Waals surface area (Å²) in [5, 5.41) is 10.5. The quantitative estimate of drug-likeness (QED) is 0.796. The van der Waals surface area contributed by atoms with Gasteiger partial charge < -0.3 is 9.84 Å². The SMILES string of the molecule is C=CCC1C(COCc2ccccc2)CCCC1(C)O. The molecular formula is C18H26O2. The summed E-state index contributed by atoms with van der Waals surface area (Å²) in [5.74, 6) is 0.699. The number of rotatable bonds is 6. The van der Waals surface area contributed by atoms with E-state index in [2.05, 4.69) is 18.7 Å². The monoisotopic (exact) mass is 274 g/mol. The van der Waals surface area contributed by atoms with Crippen molar-refractivity contribution in [2.75, 3.05) is 6.61 Å². The molecule has 0 amide bonds. The molecule has 1 fully saturated rings. The fraction of sp³-hybridized carbons (Fsp3) is 0.556. The van der Waals surface area contributed by atoms with Gasteiger partial charge in [-0.15, -0.1) is 6.58 Å². The van der Waals surface area contributed by atoms with Crippen LogP contribution in [0.1, 0.15) is 38.2 Å². The third kappa shape index (κ3) is 3.94. The molecule has 1 aliphatic rings. The van der Waals surface area contributed by atoms with Crippen LogP contribution < -0.4 is 0 Å². The lowest BCUT2D eigenvalue weighted by Gasteiger charge is -2.42. The fourth-order valence-corrected chi connectivity index (χ4v) is 3.34. The van der Waals surface area contributed by atoms with Crippen LogP contribution in [0.2, 0.25) is 0 Å². The predicted molar refractivity (Wildman–Crippen MR) is 82.4 cm³/mol. The number of allylic oxidation sites excluding steroid dienone is 1. The second-order valence-electron chi connectivity index (χ2n) is 6.14. The van der Waals surface area contributed by atoms with Gasteiger partial charge >= 0.3 is 0 Å². The minimum Gasteiger partial charge on any atom is -0.390 e. The van der Waals surface area contributed by atoms with Crippen molar-refractivity contribution in [1.82, 2.24) is 0 Å². The fourth-order valence-electron chi connectivity index (χ4n) is 3.34. The topological polar surface area (TPSA) is 29.5 Å². The summed E-state index contributed by atoms with van der Waals surface area (Å²) < 4.78 is 5.88. The van der Waals surface area contributed by atoms with Crippen molar-refractivity contribution in [3.63, 3.8) is 0 Å². The van der Waals surface area contributed by atoms with Crippen molar-refractivity contribution in [2.45, 2.75) is 44.8 Å². The third-order valence-corrected chi connectivity index (χ3v) is 4.49. The minimum absolute atomic E-state index is 0.268. The molecule has 0 radical (unpaired) electrons. The Morgan fingerprint density at radius 1 is 1.40 bits per heavy atom. The number of aliphatic hydroxyl groups is 1. The summed E-state index contributed by atoms with van der Waals surface area (Å²) in [4.78, 5) is 0. The second kappa shape index (κ2) is 7.05. The lowest BCUT2D eigenvalue weighted by Crippen LogP contribution is -2.44. The lowest BCUT2D eigenvalue weighted by atomic mass is 9.68. The molecule has 0 spiro atoms. The summed E-state index contributed by atoms with van der Waals surface area (Å²) in [7, 11) is 0. The summed E-state index contributed by atoms with van der Waals surface area (Å²) in [6.45, 7) is 7.17. The van der Waals surface area contributed by atoms with Gasteiger partial charge in [0, 0.05) is 0 Å². The molecule has 20 heavy (non-hydrogen) atoms. The molecule has 1 aromatic carbocycles. The van der Waals surface area contributed by atoms with E-state index in [-0.39, 0.29) is 5.92 Å². The zero-order valence-electron chi connectivity index (χ0n) is 12.4. The van der Waals surface area contributed by atoms with Crippen LogP contribution in [0.5, 0.6) is 0 Å². The van der Waals surface area contributed by atoms with Gasteiger partial charge in [0.1, 0.15) is 0 Å². The first kappa shape index (κ1) is 15.3. The maximum atomic E-state index is 10.5. The van der Waals surface area contributed by atoms with Crippen molar-refractivity contribution in [3.8, 4) is 0 Å². The van der Waals surface area contributed by atoms with Gasteiger partial charge in [-0.05, 0) is 43.6 Å². The summed E-state index contributed by atoms with van der Waals surface area (Å²) in [6.07, 6.45) is 5.91. The van der Waals surface area contributed by atoms with Gasteiger partial charge in [0.2, 0.25) is 0 Å². The second-order valence-corrected chi connectivity index (χ2v) is 6.14. The normalized spacial score (nSPS) is 30.1. The molecule has 2 rings (SSSR count). The van der Waals surface area contributed by atoms with Gasteiger partial charge in [-0.3, -0.25) is 0 Å². The first-order chi connectivity index (χ1) is 9.63. The third-order valence-electron chi connectivity index (χ3n) is 4.49. The molecular weight excluding hydrogens is 248 g/mol. The van der Waals surface area contributed by atoms with E-state index in [0.29, 0.717) is 12.5 Å². The predicted octanol–water partition coefficient (Wildman–Crippen LogP) is 3.95. The van der Waals surface area contributed by atoms with Gasteiger partial charge in [0.25, 0.3) is 0 Å². The molecule has 3 unspecified atom stereocenters. The molecule has 0 bridgehead atoms. The maximum Gasteiger partial charge on any atom is 0.0717 e. The van der Waals surface area contributed by atoms with Crippen molar-refractivity contribution in [2.24, 2.45) is 11.8 Å². The Morgan fingerprint density at radius 3 is 2.85 bits per heavy atom.